The minimum absolute atomic E-state index is 0.278. The van der Waals surface area contributed by atoms with E-state index >= 15 is 0 Å². The molecule has 0 saturated heterocycles. The molecule has 0 aromatic carbocycles. The van der Waals surface area contributed by atoms with Crippen molar-refractivity contribution in [1.29, 1.82) is 0 Å². The summed E-state index contributed by atoms with van der Waals surface area (Å²) < 4.78 is 0. The number of hydrogen-bond donors (Lipinski definition) is 0. The molecule has 10 heavy (non-hydrogen) atoms. The Morgan fingerprint density at radius 1 is 1.50 bits per heavy atom. The van der Waals surface area contributed by atoms with Crippen LogP contribution in [0.2, 0.25) is 0 Å². The molecule has 1 radical (unpaired) electrons. The third-order valence-corrected chi connectivity index (χ3v) is 1.30. The van der Waals surface area contributed by atoms with Gasteiger partial charge in [0, 0.05) is 18.8 Å². The van der Waals surface area contributed by atoms with E-state index in [1.807, 2.05) is 0 Å². The maximum absolute atomic E-state index is 10.9. The molecule has 0 aliphatic carbocycles. The summed E-state index contributed by atoms with van der Waals surface area (Å²) in [6.45, 7) is 1.62. The van der Waals surface area contributed by atoms with E-state index in [2.05, 4.69) is 5.32 Å². The van der Waals surface area contributed by atoms with Gasteiger partial charge in [0.05, 0.1) is 0 Å². The van der Waals surface area contributed by atoms with Crippen molar-refractivity contribution in [3.63, 3.8) is 0 Å². The Bertz CT molecular complexity index is 220. The summed E-state index contributed by atoms with van der Waals surface area (Å²) in [5, 5.41) is 3.45. The second-order valence-electron chi connectivity index (χ2n) is 2.09. The first-order chi connectivity index (χ1) is 4.63. The van der Waals surface area contributed by atoms with Crippen LogP contribution in [0, 0.1) is 0 Å². The van der Waals surface area contributed by atoms with Crippen LogP contribution in [0.1, 0.15) is 6.92 Å². The second kappa shape index (κ2) is 2.13. The highest BCUT2D eigenvalue weighted by Crippen LogP contribution is 2.04. The molecular formula is C6H7N2O2. The lowest BCUT2D eigenvalue weighted by molar-refractivity contribution is -0.123. The molecule has 0 aromatic rings. The number of urea groups is 1. The van der Waals surface area contributed by atoms with E-state index in [9.17, 15) is 9.59 Å². The molecule has 1 aliphatic rings. The highest BCUT2D eigenvalue weighted by molar-refractivity contribution is 6.05. The van der Waals surface area contributed by atoms with Crippen LogP contribution in [0.15, 0.2) is 11.8 Å². The smallest absolute Gasteiger partial charge is 0.269 e. The van der Waals surface area contributed by atoms with E-state index in [0.717, 1.165) is 4.90 Å². The SMILES string of the molecule is CC1=C[N]C(=O)N(C)C1=O. The molecule has 4 heteroatoms. The Balaban J connectivity index is 2.91. The molecule has 0 saturated carbocycles. The second-order valence-corrected chi connectivity index (χ2v) is 2.09. The average molecular weight is 139 g/mol. The van der Waals surface area contributed by atoms with Crippen LogP contribution in [-0.4, -0.2) is 23.9 Å². The number of rotatable bonds is 0. The molecule has 53 valence electrons. The van der Waals surface area contributed by atoms with Gasteiger partial charge in [0.15, 0.2) is 0 Å². The fourth-order valence-electron chi connectivity index (χ4n) is 0.645. The number of amides is 3. The van der Waals surface area contributed by atoms with Gasteiger partial charge in [-0.1, -0.05) is 0 Å². The molecule has 3 amide bonds. The largest absolute Gasteiger partial charge is 0.350 e. The van der Waals surface area contributed by atoms with Crippen molar-refractivity contribution in [3.8, 4) is 0 Å². The Morgan fingerprint density at radius 2 is 2.10 bits per heavy atom. The van der Waals surface area contributed by atoms with Gasteiger partial charge in [-0.25, -0.2) is 10.1 Å². The molecule has 0 N–H and O–H groups in total. The number of hydrogen-bond acceptors (Lipinski definition) is 2. The minimum atomic E-state index is -0.504. The summed E-state index contributed by atoms with van der Waals surface area (Å²) in [7, 11) is 1.41. The van der Waals surface area contributed by atoms with Crippen LogP contribution < -0.4 is 5.32 Å². The average Bonchev–Trinajstić information content (AvgIpc) is 1.93. The van der Waals surface area contributed by atoms with Crippen molar-refractivity contribution in [2.75, 3.05) is 7.05 Å². The lowest BCUT2D eigenvalue weighted by Gasteiger charge is -2.17. The summed E-state index contributed by atoms with van der Waals surface area (Å²) >= 11 is 0. The van der Waals surface area contributed by atoms with Crippen molar-refractivity contribution < 1.29 is 9.59 Å². The molecule has 0 bridgehead atoms. The van der Waals surface area contributed by atoms with E-state index in [4.69, 9.17) is 0 Å². The van der Waals surface area contributed by atoms with Gasteiger partial charge >= 0.3 is 6.03 Å². The third-order valence-electron chi connectivity index (χ3n) is 1.30. The van der Waals surface area contributed by atoms with Gasteiger partial charge < -0.3 is 0 Å². The highest BCUT2D eigenvalue weighted by Gasteiger charge is 2.22. The van der Waals surface area contributed by atoms with E-state index in [0.29, 0.717) is 5.57 Å². The van der Waals surface area contributed by atoms with E-state index in [-0.39, 0.29) is 5.91 Å². The first kappa shape index (κ1) is 6.80. The number of likely N-dealkylation sites (N-methyl/N-ethyl adjacent to an activating group) is 1. The number of imide groups is 1. The molecule has 0 spiro atoms. The number of nitrogens with zero attached hydrogens (tertiary/aromatic N) is 2. The fourth-order valence-corrected chi connectivity index (χ4v) is 0.645. The van der Waals surface area contributed by atoms with Crippen molar-refractivity contribution >= 4 is 11.9 Å². The van der Waals surface area contributed by atoms with Crippen molar-refractivity contribution in [1.82, 2.24) is 10.2 Å². The number of carbonyl (C=O) groups excluding carboxylic acids is 2. The molecule has 4 nitrogen and oxygen atoms in total. The predicted molar refractivity (Wildman–Crippen MR) is 34.1 cm³/mol. The minimum Gasteiger partial charge on any atom is -0.269 e. The summed E-state index contributed by atoms with van der Waals surface area (Å²) in [5.41, 5.74) is 0.488. The zero-order valence-corrected chi connectivity index (χ0v) is 5.79. The molecule has 0 unspecified atom stereocenters. The molecule has 1 heterocycles. The van der Waals surface area contributed by atoms with Crippen molar-refractivity contribution in [3.05, 3.63) is 11.8 Å². The van der Waals surface area contributed by atoms with Crippen LogP contribution in [0.3, 0.4) is 0 Å². The van der Waals surface area contributed by atoms with Gasteiger partial charge in [-0.3, -0.25) is 9.69 Å². The number of carbonyl (C=O) groups is 2. The maximum atomic E-state index is 10.9. The van der Waals surface area contributed by atoms with Crippen LogP contribution in [0.5, 0.6) is 0 Å². The summed E-state index contributed by atoms with van der Waals surface area (Å²) in [5.74, 6) is -0.278. The van der Waals surface area contributed by atoms with Gasteiger partial charge in [0.2, 0.25) is 0 Å². The predicted octanol–water partition coefficient (Wildman–Crippen LogP) is 0.0866. The summed E-state index contributed by atoms with van der Waals surface area (Å²) in [4.78, 5) is 22.5. The van der Waals surface area contributed by atoms with Crippen molar-refractivity contribution in [2.24, 2.45) is 0 Å². The van der Waals surface area contributed by atoms with Gasteiger partial charge in [0.25, 0.3) is 5.91 Å². The molecule has 0 atom stereocenters. The molecule has 1 aliphatic heterocycles. The highest BCUT2D eigenvalue weighted by atomic mass is 16.2. The van der Waals surface area contributed by atoms with Crippen LogP contribution in [-0.2, 0) is 4.79 Å². The monoisotopic (exact) mass is 139 g/mol. The maximum Gasteiger partial charge on any atom is 0.350 e. The lowest BCUT2D eigenvalue weighted by Crippen LogP contribution is -2.40. The van der Waals surface area contributed by atoms with Crippen LogP contribution in [0.25, 0.3) is 0 Å². The first-order valence-corrected chi connectivity index (χ1v) is 2.82. The van der Waals surface area contributed by atoms with Gasteiger partial charge in [-0.05, 0) is 6.92 Å². The van der Waals surface area contributed by atoms with Crippen LogP contribution >= 0.6 is 0 Å². The summed E-state index contributed by atoms with van der Waals surface area (Å²) in [6, 6.07) is -0.504. The van der Waals surface area contributed by atoms with E-state index < -0.39 is 6.03 Å². The Hall–Kier alpha value is -1.32. The molecule has 0 fully saturated rings. The molecule has 1 rings (SSSR count). The zero-order chi connectivity index (χ0) is 7.72. The van der Waals surface area contributed by atoms with Crippen LogP contribution in [0.4, 0.5) is 4.79 Å². The third kappa shape index (κ3) is 0.877. The van der Waals surface area contributed by atoms with Gasteiger partial charge in [0.1, 0.15) is 0 Å². The topological polar surface area (TPSA) is 51.5 Å². The van der Waals surface area contributed by atoms with E-state index in [1.54, 1.807) is 6.92 Å². The van der Waals surface area contributed by atoms with E-state index in [1.165, 1.54) is 13.2 Å². The Morgan fingerprint density at radius 3 is 2.60 bits per heavy atom. The van der Waals surface area contributed by atoms with Gasteiger partial charge in [-0.2, -0.15) is 0 Å². The normalized spacial score (nSPS) is 18.6. The van der Waals surface area contributed by atoms with Crippen molar-refractivity contribution in [2.45, 2.75) is 6.92 Å². The Labute approximate surface area is 58.5 Å². The Kier molecular flexibility index (Phi) is 1.45. The summed E-state index contributed by atoms with van der Waals surface area (Å²) in [6.07, 6.45) is 1.28. The molecule has 0 aromatic heterocycles. The fraction of sp³-hybridized carbons (Fsp3) is 0.333. The molecular weight excluding hydrogens is 132 g/mol. The quantitative estimate of drug-likeness (QED) is 0.477. The first-order valence-electron chi connectivity index (χ1n) is 2.82. The standard InChI is InChI=1S/C6H7N2O2/c1-4-3-7-6(10)8(2)5(4)9/h3H,1-2H3. The lowest BCUT2D eigenvalue weighted by atomic mass is 10.2. The zero-order valence-electron chi connectivity index (χ0n) is 5.79. The van der Waals surface area contributed by atoms with Gasteiger partial charge in [-0.15, -0.1) is 0 Å².